The van der Waals surface area contributed by atoms with Crippen LogP contribution in [0.15, 0.2) is 42.5 Å². The number of hydrogen-bond donors (Lipinski definition) is 1. The maximum absolute atomic E-state index is 5.80. The van der Waals surface area contributed by atoms with Crippen LogP contribution in [0.1, 0.15) is 5.56 Å². The molecule has 1 heterocycles. The van der Waals surface area contributed by atoms with Crippen LogP contribution >= 0.6 is 11.6 Å². The zero-order chi connectivity index (χ0) is 12.1. The molecule has 0 saturated heterocycles. The van der Waals surface area contributed by atoms with Crippen molar-refractivity contribution in [3.05, 3.63) is 53.2 Å². The van der Waals surface area contributed by atoms with Crippen molar-refractivity contribution in [3.8, 4) is 5.75 Å². The molecule has 4 heteroatoms. The van der Waals surface area contributed by atoms with E-state index in [0.29, 0.717) is 11.7 Å². The van der Waals surface area contributed by atoms with E-state index in [1.54, 1.807) is 13.2 Å². The van der Waals surface area contributed by atoms with E-state index in [-0.39, 0.29) is 0 Å². The van der Waals surface area contributed by atoms with Crippen molar-refractivity contribution >= 4 is 17.4 Å². The van der Waals surface area contributed by atoms with Gasteiger partial charge in [0.15, 0.2) is 0 Å². The Morgan fingerprint density at radius 2 is 2.06 bits per heavy atom. The third kappa shape index (κ3) is 3.36. The Balaban J connectivity index is 2.02. The molecule has 0 fully saturated rings. The summed E-state index contributed by atoms with van der Waals surface area (Å²) in [5.41, 5.74) is 1.13. The minimum absolute atomic E-state index is 0.487. The molecule has 2 aromatic rings. The van der Waals surface area contributed by atoms with Gasteiger partial charge in [0.2, 0.25) is 0 Å². The van der Waals surface area contributed by atoms with Crippen molar-refractivity contribution in [3.63, 3.8) is 0 Å². The molecule has 3 nitrogen and oxygen atoms in total. The van der Waals surface area contributed by atoms with Crippen LogP contribution in [0.2, 0.25) is 5.15 Å². The number of halogens is 1. The van der Waals surface area contributed by atoms with E-state index in [9.17, 15) is 0 Å². The summed E-state index contributed by atoms with van der Waals surface area (Å²) in [6.45, 7) is 0.685. The summed E-state index contributed by atoms with van der Waals surface area (Å²) in [4.78, 5) is 4.15. The van der Waals surface area contributed by atoms with Crippen LogP contribution in [-0.4, -0.2) is 12.1 Å². The van der Waals surface area contributed by atoms with Crippen molar-refractivity contribution in [2.75, 3.05) is 12.4 Å². The monoisotopic (exact) mass is 248 g/mol. The number of ether oxygens (including phenoxy) is 1. The SMILES string of the molecule is COc1cccc(CNc2cccc(Cl)n2)c1. The van der Waals surface area contributed by atoms with Gasteiger partial charge in [0, 0.05) is 6.54 Å². The number of pyridine rings is 1. The van der Waals surface area contributed by atoms with E-state index in [2.05, 4.69) is 10.3 Å². The highest BCUT2D eigenvalue weighted by Gasteiger charge is 1.98. The Morgan fingerprint density at radius 3 is 2.82 bits per heavy atom. The van der Waals surface area contributed by atoms with Gasteiger partial charge in [-0.3, -0.25) is 0 Å². The topological polar surface area (TPSA) is 34.1 Å². The number of methoxy groups -OCH3 is 1. The zero-order valence-corrected chi connectivity index (χ0v) is 10.2. The first-order chi connectivity index (χ1) is 8.28. The van der Waals surface area contributed by atoms with Crippen LogP contribution in [0.3, 0.4) is 0 Å². The molecule has 88 valence electrons. The van der Waals surface area contributed by atoms with E-state index in [1.807, 2.05) is 36.4 Å². The fourth-order valence-corrected chi connectivity index (χ4v) is 1.65. The average molecular weight is 249 g/mol. The van der Waals surface area contributed by atoms with E-state index in [0.717, 1.165) is 17.1 Å². The number of nitrogens with zero attached hydrogens (tertiary/aromatic N) is 1. The van der Waals surface area contributed by atoms with Gasteiger partial charge < -0.3 is 10.1 Å². The fraction of sp³-hybridized carbons (Fsp3) is 0.154. The maximum Gasteiger partial charge on any atom is 0.131 e. The molecular formula is C13H13ClN2O. The summed E-state index contributed by atoms with van der Waals surface area (Å²) in [5, 5.41) is 3.69. The third-order valence-corrected chi connectivity index (χ3v) is 2.53. The molecule has 1 aromatic carbocycles. The van der Waals surface area contributed by atoms with Crippen molar-refractivity contribution in [2.45, 2.75) is 6.54 Å². The summed E-state index contributed by atoms with van der Waals surface area (Å²) in [5.74, 6) is 1.61. The molecule has 0 unspecified atom stereocenters. The molecule has 0 saturated carbocycles. The predicted octanol–water partition coefficient (Wildman–Crippen LogP) is 3.36. The Labute approximate surface area is 105 Å². The Kier molecular flexibility index (Phi) is 3.83. The summed E-state index contributed by atoms with van der Waals surface area (Å²) >= 11 is 5.80. The van der Waals surface area contributed by atoms with E-state index < -0.39 is 0 Å². The molecule has 0 amide bonds. The van der Waals surface area contributed by atoms with Crippen LogP contribution < -0.4 is 10.1 Å². The third-order valence-electron chi connectivity index (χ3n) is 2.32. The molecule has 1 N–H and O–H groups in total. The lowest BCUT2D eigenvalue weighted by molar-refractivity contribution is 0.414. The van der Waals surface area contributed by atoms with Crippen molar-refractivity contribution in [1.82, 2.24) is 4.98 Å². The van der Waals surface area contributed by atoms with Crippen LogP contribution in [0, 0.1) is 0 Å². The van der Waals surface area contributed by atoms with Gasteiger partial charge in [-0.15, -0.1) is 0 Å². The molecule has 0 aliphatic rings. The van der Waals surface area contributed by atoms with Gasteiger partial charge in [0.05, 0.1) is 7.11 Å². The highest BCUT2D eigenvalue weighted by Crippen LogP contribution is 2.14. The summed E-state index contributed by atoms with van der Waals surface area (Å²) in [6.07, 6.45) is 0. The second-order valence-corrected chi connectivity index (χ2v) is 3.94. The lowest BCUT2D eigenvalue weighted by Crippen LogP contribution is -2.01. The molecule has 0 aliphatic heterocycles. The lowest BCUT2D eigenvalue weighted by atomic mass is 10.2. The van der Waals surface area contributed by atoms with Crippen molar-refractivity contribution in [2.24, 2.45) is 0 Å². The van der Waals surface area contributed by atoms with E-state index in [4.69, 9.17) is 16.3 Å². The summed E-state index contributed by atoms with van der Waals surface area (Å²) < 4.78 is 5.16. The van der Waals surface area contributed by atoms with Crippen molar-refractivity contribution < 1.29 is 4.74 Å². The van der Waals surface area contributed by atoms with Gasteiger partial charge in [-0.2, -0.15) is 0 Å². The number of rotatable bonds is 4. The summed E-state index contributed by atoms with van der Waals surface area (Å²) in [6, 6.07) is 13.4. The number of aromatic nitrogens is 1. The first kappa shape index (κ1) is 11.7. The van der Waals surface area contributed by atoms with E-state index in [1.165, 1.54) is 0 Å². The largest absolute Gasteiger partial charge is 0.497 e. The average Bonchev–Trinajstić information content (AvgIpc) is 2.37. The highest BCUT2D eigenvalue weighted by atomic mass is 35.5. The Hall–Kier alpha value is -1.74. The second-order valence-electron chi connectivity index (χ2n) is 3.55. The highest BCUT2D eigenvalue weighted by molar-refractivity contribution is 6.29. The minimum Gasteiger partial charge on any atom is -0.497 e. The molecule has 0 atom stereocenters. The normalized spacial score (nSPS) is 10.0. The molecule has 0 spiro atoms. The molecule has 0 aliphatic carbocycles. The van der Waals surface area contributed by atoms with Crippen LogP contribution in [0.4, 0.5) is 5.82 Å². The fourth-order valence-electron chi connectivity index (χ4n) is 1.48. The van der Waals surface area contributed by atoms with Gasteiger partial charge in [0.1, 0.15) is 16.7 Å². The second kappa shape index (κ2) is 5.55. The number of hydrogen-bond acceptors (Lipinski definition) is 3. The van der Waals surface area contributed by atoms with Crippen LogP contribution in [-0.2, 0) is 6.54 Å². The quantitative estimate of drug-likeness (QED) is 0.843. The predicted molar refractivity (Wildman–Crippen MR) is 69.6 cm³/mol. The van der Waals surface area contributed by atoms with Crippen LogP contribution in [0.5, 0.6) is 5.75 Å². The molecular weight excluding hydrogens is 236 g/mol. The van der Waals surface area contributed by atoms with Gasteiger partial charge in [-0.1, -0.05) is 29.8 Å². The maximum atomic E-state index is 5.80. The number of anilines is 1. The van der Waals surface area contributed by atoms with Gasteiger partial charge in [0.25, 0.3) is 0 Å². The standard InChI is InChI=1S/C13H13ClN2O/c1-17-11-5-2-4-10(8-11)9-15-13-7-3-6-12(14)16-13/h2-8H,9H2,1H3,(H,15,16). The molecule has 0 radical (unpaired) electrons. The molecule has 2 rings (SSSR count). The van der Waals surface area contributed by atoms with Gasteiger partial charge in [-0.25, -0.2) is 4.98 Å². The molecule has 17 heavy (non-hydrogen) atoms. The first-order valence-electron chi connectivity index (χ1n) is 5.27. The lowest BCUT2D eigenvalue weighted by Gasteiger charge is -2.07. The Bertz CT molecular complexity index is 502. The molecule has 1 aromatic heterocycles. The first-order valence-corrected chi connectivity index (χ1v) is 5.65. The van der Waals surface area contributed by atoms with Gasteiger partial charge >= 0.3 is 0 Å². The van der Waals surface area contributed by atoms with Crippen LogP contribution in [0.25, 0.3) is 0 Å². The zero-order valence-electron chi connectivity index (χ0n) is 9.48. The summed E-state index contributed by atoms with van der Waals surface area (Å²) in [7, 11) is 1.66. The van der Waals surface area contributed by atoms with E-state index >= 15 is 0 Å². The number of benzene rings is 1. The molecule has 0 bridgehead atoms. The Morgan fingerprint density at radius 1 is 1.24 bits per heavy atom. The van der Waals surface area contributed by atoms with Crippen molar-refractivity contribution in [1.29, 1.82) is 0 Å². The smallest absolute Gasteiger partial charge is 0.131 e. The number of nitrogens with one attached hydrogen (secondary N) is 1. The van der Waals surface area contributed by atoms with Gasteiger partial charge in [-0.05, 0) is 29.8 Å². The minimum atomic E-state index is 0.487.